The molecule has 0 aromatic carbocycles. The molecule has 9 heteroatoms. The molecular formula is C8H9FN4O3S. The molecule has 17 heavy (non-hydrogen) atoms. The Morgan fingerprint density at radius 2 is 2.53 bits per heavy atom. The van der Waals surface area contributed by atoms with Gasteiger partial charge in [-0.25, -0.2) is 9.18 Å². The number of hydrogen-bond donors (Lipinski definition) is 1. The third-order valence-electron chi connectivity index (χ3n) is 2.20. The maximum Gasteiger partial charge on any atom is 0.350 e. The van der Waals surface area contributed by atoms with E-state index in [9.17, 15) is 14.1 Å². The van der Waals surface area contributed by atoms with E-state index in [1.165, 1.54) is 11.8 Å². The molecule has 92 valence electrons. The third-order valence-corrected chi connectivity index (χ3v) is 3.47. The van der Waals surface area contributed by atoms with Crippen LogP contribution in [0, 0.1) is 10.7 Å². The van der Waals surface area contributed by atoms with Crippen LogP contribution in [0.4, 0.5) is 10.2 Å². The van der Waals surface area contributed by atoms with Crippen LogP contribution >= 0.6 is 11.8 Å². The summed E-state index contributed by atoms with van der Waals surface area (Å²) in [6.07, 6.45) is 0.989. The van der Waals surface area contributed by atoms with Crippen molar-refractivity contribution in [2.75, 3.05) is 18.9 Å². The summed E-state index contributed by atoms with van der Waals surface area (Å²) in [7, 11) is 0. The first-order chi connectivity index (χ1) is 8.11. The van der Waals surface area contributed by atoms with Crippen LogP contribution in [0.1, 0.15) is 5.37 Å². The van der Waals surface area contributed by atoms with Gasteiger partial charge in [0.05, 0.1) is 6.61 Å². The molecule has 1 aliphatic heterocycles. The topological polar surface area (TPSA) is 99.6 Å². The minimum absolute atomic E-state index is 0.0131. The summed E-state index contributed by atoms with van der Waals surface area (Å²) >= 11 is 1.22. The molecule has 2 unspecified atom stereocenters. The minimum atomic E-state index is -0.762. The standard InChI is InChI=1S/C8H9FN4O3S/c9-4-2-13(8(14)12-7(4)10)5-3-16-6(17-5)1-11-15/h2,5-6H,1,3H2,(H2,10,12,14). The van der Waals surface area contributed by atoms with Gasteiger partial charge in [0.25, 0.3) is 0 Å². The van der Waals surface area contributed by atoms with E-state index in [4.69, 9.17) is 10.5 Å². The number of hydrogen-bond acceptors (Lipinski definition) is 7. The van der Waals surface area contributed by atoms with E-state index in [0.29, 0.717) is 0 Å². The summed E-state index contributed by atoms with van der Waals surface area (Å²) in [5.41, 5.74) is 4.11. The lowest BCUT2D eigenvalue weighted by atomic mass is 10.5. The fourth-order valence-electron chi connectivity index (χ4n) is 1.41. The quantitative estimate of drug-likeness (QED) is 0.785. The highest BCUT2D eigenvalue weighted by Gasteiger charge is 2.29. The van der Waals surface area contributed by atoms with Crippen molar-refractivity contribution in [3.63, 3.8) is 0 Å². The number of nitroso groups, excluding NO2 is 1. The second-order valence-electron chi connectivity index (χ2n) is 3.33. The SMILES string of the molecule is Nc1nc(=O)n(C2COC(CN=O)S2)cc1F. The Kier molecular flexibility index (Phi) is 3.38. The Bertz CT molecular complexity index is 494. The zero-order valence-electron chi connectivity index (χ0n) is 8.58. The minimum Gasteiger partial charge on any atom is -0.381 e. The number of nitrogens with zero attached hydrogens (tertiary/aromatic N) is 3. The maximum absolute atomic E-state index is 13.2. The Balaban J connectivity index is 2.21. The Morgan fingerprint density at radius 1 is 1.76 bits per heavy atom. The van der Waals surface area contributed by atoms with Gasteiger partial charge in [-0.05, 0) is 0 Å². The summed E-state index contributed by atoms with van der Waals surface area (Å²) in [5.74, 6) is -1.19. The molecule has 2 heterocycles. The first kappa shape index (κ1) is 12.0. The van der Waals surface area contributed by atoms with Crippen LogP contribution in [0.5, 0.6) is 0 Å². The molecule has 2 atom stereocenters. The molecule has 7 nitrogen and oxygen atoms in total. The molecule has 0 saturated carbocycles. The van der Waals surface area contributed by atoms with Crippen molar-refractivity contribution in [3.05, 3.63) is 27.4 Å². The van der Waals surface area contributed by atoms with Crippen LogP contribution in [0.15, 0.2) is 16.2 Å². The molecule has 0 bridgehead atoms. The lowest BCUT2D eigenvalue weighted by molar-refractivity contribution is 0.129. The van der Waals surface area contributed by atoms with Gasteiger partial charge in [0.1, 0.15) is 17.4 Å². The molecule has 1 aliphatic rings. The number of nitrogen functional groups attached to an aromatic ring is 1. The first-order valence-corrected chi connectivity index (χ1v) is 5.66. The average molecular weight is 260 g/mol. The average Bonchev–Trinajstić information content (AvgIpc) is 2.72. The van der Waals surface area contributed by atoms with Crippen LogP contribution in [0.2, 0.25) is 0 Å². The third kappa shape index (κ3) is 2.44. The summed E-state index contributed by atoms with van der Waals surface area (Å²) < 4.78 is 19.5. The highest BCUT2D eigenvalue weighted by atomic mass is 32.2. The zero-order valence-corrected chi connectivity index (χ0v) is 9.39. The van der Waals surface area contributed by atoms with Gasteiger partial charge >= 0.3 is 5.69 Å². The van der Waals surface area contributed by atoms with Gasteiger partial charge < -0.3 is 10.5 Å². The largest absolute Gasteiger partial charge is 0.381 e. The van der Waals surface area contributed by atoms with Gasteiger partial charge in [0, 0.05) is 6.20 Å². The van der Waals surface area contributed by atoms with Crippen molar-refractivity contribution < 1.29 is 9.13 Å². The second-order valence-corrected chi connectivity index (χ2v) is 4.67. The summed E-state index contributed by atoms with van der Waals surface area (Å²) in [6.45, 7) is 0.177. The molecule has 1 aromatic rings. The van der Waals surface area contributed by atoms with Gasteiger partial charge in [-0.3, -0.25) is 4.57 Å². The van der Waals surface area contributed by atoms with Crippen LogP contribution in [0.25, 0.3) is 0 Å². The zero-order chi connectivity index (χ0) is 12.4. The Morgan fingerprint density at radius 3 is 3.24 bits per heavy atom. The maximum atomic E-state index is 13.2. The Hall–Kier alpha value is -1.48. The lowest BCUT2D eigenvalue weighted by Gasteiger charge is -2.11. The molecule has 0 spiro atoms. The van der Waals surface area contributed by atoms with E-state index in [1.54, 1.807) is 0 Å². The lowest BCUT2D eigenvalue weighted by Crippen LogP contribution is -2.27. The second kappa shape index (κ2) is 4.80. The van der Waals surface area contributed by atoms with Gasteiger partial charge in [0.2, 0.25) is 0 Å². The van der Waals surface area contributed by atoms with Crippen molar-refractivity contribution in [1.82, 2.24) is 9.55 Å². The van der Waals surface area contributed by atoms with E-state index >= 15 is 0 Å². The molecule has 1 fully saturated rings. The molecule has 1 saturated heterocycles. The monoisotopic (exact) mass is 260 g/mol. The first-order valence-electron chi connectivity index (χ1n) is 4.72. The fourth-order valence-corrected chi connectivity index (χ4v) is 2.50. The molecule has 2 rings (SSSR count). The number of aromatic nitrogens is 2. The van der Waals surface area contributed by atoms with Gasteiger partial charge in [-0.1, -0.05) is 5.18 Å². The number of ether oxygens (including phenoxy) is 1. The van der Waals surface area contributed by atoms with E-state index in [1.807, 2.05) is 0 Å². The number of thioether (sulfide) groups is 1. The summed E-state index contributed by atoms with van der Waals surface area (Å²) in [6, 6.07) is 0. The van der Waals surface area contributed by atoms with E-state index in [2.05, 4.69) is 10.2 Å². The van der Waals surface area contributed by atoms with Crippen molar-refractivity contribution in [1.29, 1.82) is 0 Å². The number of nitrogens with two attached hydrogens (primary N) is 1. The number of halogens is 1. The van der Waals surface area contributed by atoms with Gasteiger partial charge in [0.15, 0.2) is 11.6 Å². The Labute approximate surface area is 99.1 Å². The van der Waals surface area contributed by atoms with Crippen molar-refractivity contribution in [2.45, 2.75) is 10.8 Å². The molecular weight excluding hydrogens is 251 g/mol. The van der Waals surface area contributed by atoms with E-state index in [0.717, 1.165) is 10.8 Å². The number of anilines is 1. The highest BCUT2D eigenvalue weighted by Crippen LogP contribution is 2.34. The van der Waals surface area contributed by atoms with Crippen molar-refractivity contribution in [3.8, 4) is 0 Å². The van der Waals surface area contributed by atoms with Crippen LogP contribution in [-0.4, -0.2) is 28.1 Å². The molecule has 0 radical (unpaired) electrons. The highest BCUT2D eigenvalue weighted by molar-refractivity contribution is 8.00. The summed E-state index contributed by atoms with van der Waals surface area (Å²) in [4.78, 5) is 24.9. The van der Waals surface area contributed by atoms with E-state index in [-0.39, 0.29) is 13.2 Å². The number of rotatable bonds is 3. The summed E-state index contributed by atoms with van der Waals surface area (Å²) in [5, 5.41) is 2.29. The van der Waals surface area contributed by atoms with Gasteiger partial charge in [-0.2, -0.15) is 9.89 Å². The fraction of sp³-hybridized carbons (Fsp3) is 0.500. The molecule has 2 N–H and O–H groups in total. The van der Waals surface area contributed by atoms with Gasteiger partial charge in [-0.15, -0.1) is 11.8 Å². The molecule has 1 aromatic heterocycles. The van der Waals surface area contributed by atoms with Crippen LogP contribution < -0.4 is 11.4 Å². The van der Waals surface area contributed by atoms with E-state index < -0.39 is 28.1 Å². The van der Waals surface area contributed by atoms with Crippen molar-refractivity contribution in [2.24, 2.45) is 5.18 Å². The normalized spacial score (nSPS) is 23.8. The predicted octanol–water partition coefficient (Wildman–Crippen LogP) is 0.319. The van der Waals surface area contributed by atoms with Crippen molar-refractivity contribution >= 4 is 17.6 Å². The molecule has 0 amide bonds. The molecule has 0 aliphatic carbocycles. The van der Waals surface area contributed by atoms with Crippen LogP contribution in [-0.2, 0) is 4.74 Å². The van der Waals surface area contributed by atoms with Crippen LogP contribution in [0.3, 0.4) is 0 Å². The smallest absolute Gasteiger partial charge is 0.350 e. The predicted molar refractivity (Wildman–Crippen MR) is 59.9 cm³/mol.